The number of amides is 1. The number of hydrogen-bond acceptors (Lipinski definition) is 3. The van der Waals surface area contributed by atoms with Gasteiger partial charge in [0.25, 0.3) is 5.91 Å². The molecule has 3 aromatic carbocycles. The maximum Gasteiger partial charge on any atom is 0.255 e. The maximum atomic E-state index is 13.8. The number of ether oxygens (including phenoxy) is 2. The molecular formula is C21H16ClF2NO3. The van der Waals surface area contributed by atoms with E-state index in [9.17, 15) is 13.6 Å². The van der Waals surface area contributed by atoms with E-state index in [2.05, 4.69) is 5.32 Å². The van der Waals surface area contributed by atoms with Crippen molar-refractivity contribution in [2.75, 3.05) is 12.4 Å². The smallest absolute Gasteiger partial charge is 0.255 e. The number of rotatable bonds is 6. The van der Waals surface area contributed by atoms with Gasteiger partial charge in [0.2, 0.25) is 0 Å². The molecule has 0 heterocycles. The second kappa shape index (κ2) is 8.71. The molecule has 1 amide bonds. The van der Waals surface area contributed by atoms with Crippen molar-refractivity contribution in [1.29, 1.82) is 0 Å². The Labute approximate surface area is 165 Å². The summed E-state index contributed by atoms with van der Waals surface area (Å²) >= 11 is 5.85. The standard InChI is InChI=1S/C21H16ClF2NO3/c1-27-19-10-5-13(21(26)25-20-17(23)3-2-4-18(20)24)11-14(19)12-28-16-8-6-15(22)7-9-16/h2-11H,12H2,1H3,(H,25,26). The van der Waals surface area contributed by atoms with Crippen LogP contribution in [0.3, 0.4) is 0 Å². The molecular weight excluding hydrogens is 388 g/mol. The van der Waals surface area contributed by atoms with Gasteiger partial charge in [0.05, 0.1) is 7.11 Å². The summed E-state index contributed by atoms with van der Waals surface area (Å²) in [6.45, 7) is 0.125. The lowest BCUT2D eigenvalue weighted by Gasteiger charge is -2.13. The van der Waals surface area contributed by atoms with E-state index in [1.807, 2.05) is 0 Å². The largest absolute Gasteiger partial charge is 0.496 e. The topological polar surface area (TPSA) is 47.6 Å². The first-order valence-electron chi connectivity index (χ1n) is 8.28. The Hall–Kier alpha value is -3.12. The third-order valence-electron chi connectivity index (χ3n) is 3.95. The molecule has 0 aliphatic heterocycles. The van der Waals surface area contributed by atoms with Crippen molar-refractivity contribution in [3.8, 4) is 11.5 Å². The van der Waals surface area contributed by atoms with Crippen LogP contribution in [0, 0.1) is 11.6 Å². The lowest BCUT2D eigenvalue weighted by Crippen LogP contribution is -2.15. The van der Waals surface area contributed by atoms with Gasteiger partial charge in [-0.05, 0) is 54.6 Å². The minimum absolute atomic E-state index is 0.125. The minimum Gasteiger partial charge on any atom is -0.496 e. The molecule has 3 aromatic rings. The van der Waals surface area contributed by atoms with Crippen LogP contribution < -0.4 is 14.8 Å². The summed E-state index contributed by atoms with van der Waals surface area (Å²) in [4.78, 5) is 12.4. The highest BCUT2D eigenvalue weighted by Crippen LogP contribution is 2.24. The van der Waals surface area contributed by atoms with Gasteiger partial charge in [0.15, 0.2) is 0 Å². The Morgan fingerprint density at radius 2 is 1.71 bits per heavy atom. The zero-order chi connectivity index (χ0) is 20.1. The van der Waals surface area contributed by atoms with Crippen molar-refractivity contribution in [2.24, 2.45) is 0 Å². The van der Waals surface area contributed by atoms with Crippen LogP contribution in [-0.4, -0.2) is 13.0 Å². The third-order valence-corrected chi connectivity index (χ3v) is 4.20. The number of halogens is 3. The molecule has 0 unspecified atom stereocenters. The maximum absolute atomic E-state index is 13.8. The highest BCUT2D eigenvalue weighted by molar-refractivity contribution is 6.30. The molecule has 0 spiro atoms. The van der Waals surface area contributed by atoms with Crippen LogP contribution in [0.1, 0.15) is 15.9 Å². The molecule has 0 bridgehead atoms. The zero-order valence-electron chi connectivity index (χ0n) is 14.8. The van der Waals surface area contributed by atoms with E-state index in [4.69, 9.17) is 21.1 Å². The highest BCUT2D eigenvalue weighted by atomic mass is 35.5. The molecule has 0 aliphatic carbocycles. The van der Waals surface area contributed by atoms with Crippen LogP contribution in [0.25, 0.3) is 0 Å². The molecule has 1 N–H and O–H groups in total. The van der Waals surface area contributed by atoms with Gasteiger partial charge in [0.1, 0.15) is 35.4 Å². The number of methoxy groups -OCH3 is 1. The fraction of sp³-hybridized carbons (Fsp3) is 0.0952. The lowest BCUT2D eigenvalue weighted by atomic mass is 10.1. The Balaban J connectivity index is 1.79. The Bertz CT molecular complexity index is 973. The minimum atomic E-state index is -0.854. The van der Waals surface area contributed by atoms with Gasteiger partial charge in [-0.25, -0.2) is 8.78 Å². The average Bonchev–Trinajstić information content (AvgIpc) is 2.70. The average molecular weight is 404 g/mol. The van der Waals surface area contributed by atoms with E-state index < -0.39 is 23.2 Å². The Kier molecular flexibility index (Phi) is 6.11. The lowest BCUT2D eigenvalue weighted by molar-refractivity contribution is 0.102. The first-order valence-corrected chi connectivity index (χ1v) is 8.66. The summed E-state index contributed by atoms with van der Waals surface area (Å²) in [6.07, 6.45) is 0. The van der Waals surface area contributed by atoms with Gasteiger partial charge >= 0.3 is 0 Å². The molecule has 7 heteroatoms. The third kappa shape index (κ3) is 4.58. The number of benzene rings is 3. The fourth-order valence-electron chi connectivity index (χ4n) is 2.53. The molecule has 0 aromatic heterocycles. The summed E-state index contributed by atoms with van der Waals surface area (Å²) in [7, 11) is 1.50. The van der Waals surface area contributed by atoms with E-state index in [1.165, 1.54) is 19.2 Å². The van der Waals surface area contributed by atoms with Crippen LogP contribution in [0.5, 0.6) is 11.5 Å². The van der Waals surface area contributed by atoms with Gasteiger partial charge < -0.3 is 14.8 Å². The van der Waals surface area contributed by atoms with Gasteiger partial charge in [-0.3, -0.25) is 4.79 Å². The van der Waals surface area contributed by atoms with Crippen molar-refractivity contribution in [3.05, 3.63) is 88.4 Å². The summed E-state index contributed by atoms with van der Waals surface area (Å²) in [6, 6.07) is 14.8. The van der Waals surface area contributed by atoms with Crippen molar-refractivity contribution >= 4 is 23.2 Å². The second-order valence-corrected chi connectivity index (χ2v) is 6.26. The molecule has 4 nitrogen and oxygen atoms in total. The van der Waals surface area contributed by atoms with E-state index >= 15 is 0 Å². The van der Waals surface area contributed by atoms with Crippen molar-refractivity contribution in [2.45, 2.75) is 6.61 Å². The van der Waals surface area contributed by atoms with E-state index in [1.54, 1.807) is 36.4 Å². The second-order valence-electron chi connectivity index (χ2n) is 5.82. The Morgan fingerprint density at radius 3 is 2.36 bits per heavy atom. The quantitative estimate of drug-likeness (QED) is 0.594. The molecule has 144 valence electrons. The van der Waals surface area contributed by atoms with Crippen molar-refractivity contribution in [1.82, 2.24) is 0 Å². The van der Waals surface area contributed by atoms with Gasteiger partial charge in [-0.1, -0.05) is 17.7 Å². The molecule has 0 aliphatic rings. The van der Waals surface area contributed by atoms with E-state index in [-0.39, 0.29) is 12.2 Å². The fourth-order valence-corrected chi connectivity index (χ4v) is 2.65. The molecule has 0 saturated heterocycles. The van der Waals surface area contributed by atoms with E-state index in [0.717, 1.165) is 12.1 Å². The molecule has 3 rings (SSSR count). The van der Waals surface area contributed by atoms with Gasteiger partial charge in [-0.15, -0.1) is 0 Å². The van der Waals surface area contributed by atoms with Crippen molar-refractivity contribution < 1.29 is 23.0 Å². The number of anilines is 1. The SMILES string of the molecule is COc1ccc(C(=O)Nc2c(F)cccc2F)cc1COc1ccc(Cl)cc1. The normalized spacial score (nSPS) is 10.4. The number of hydrogen-bond donors (Lipinski definition) is 1. The predicted octanol–water partition coefficient (Wildman–Crippen LogP) is 5.46. The van der Waals surface area contributed by atoms with Crippen LogP contribution in [0.4, 0.5) is 14.5 Å². The molecule has 0 atom stereocenters. The molecule has 28 heavy (non-hydrogen) atoms. The summed E-state index contributed by atoms with van der Waals surface area (Å²) < 4.78 is 38.5. The monoisotopic (exact) mass is 403 g/mol. The Morgan fingerprint density at radius 1 is 1.04 bits per heavy atom. The van der Waals surface area contributed by atoms with Crippen LogP contribution in [-0.2, 0) is 6.61 Å². The van der Waals surface area contributed by atoms with Gasteiger partial charge in [0, 0.05) is 16.1 Å². The van der Waals surface area contributed by atoms with Crippen molar-refractivity contribution in [3.63, 3.8) is 0 Å². The summed E-state index contributed by atoms with van der Waals surface area (Å²) in [5.41, 5.74) is 0.305. The number of para-hydroxylation sites is 1. The number of carbonyl (C=O) groups excluding carboxylic acids is 1. The first kappa shape index (κ1) is 19.6. The summed E-state index contributed by atoms with van der Waals surface area (Å²) in [5, 5.41) is 2.84. The molecule has 0 radical (unpaired) electrons. The molecule has 0 saturated carbocycles. The van der Waals surface area contributed by atoms with Crippen LogP contribution in [0.2, 0.25) is 5.02 Å². The number of carbonyl (C=O) groups is 1. The van der Waals surface area contributed by atoms with Crippen LogP contribution in [0.15, 0.2) is 60.7 Å². The zero-order valence-corrected chi connectivity index (χ0v) is 15.6. The van der Waals surface area contributed by atoms with E-state index in [0.29, 0.717) is 22.1 Å². The summed E-state index contributed by atoms with van der Waals surface area (Å²) in [5.74, 6) is -1.25. The highest BCUT2D eigenvalue weighted by Gasteiger charge is 2.15. The van der Waals surface area contributed by atoms with Gasteiger partial charge in [-0.2, -0.15) is 0 Å². The molecule has 0 fully saturated rings. The van der Waals surface area contributed by atoms with Crippen LogP contribution >= 0.6 is 11.6 Å². The first-order chi connectivity index (χ1) is 13.5. The number of nitrogens with one attached hydrogen (secondary N) is 1. The predicted molar refractivity (Wildman–Crippen MR) is 103 cm³/mol.